The summed E-state index contributed by atoms with van der Waals surface area (Å²) in [5, 5.41) is 9.99. The normalized spacial score (nSPS) is 12.1. The molecule has 2 rings (SSSR count). The Morgan fingerprint density at radius 2 is 2.10 bits per heavy atom. The number of rotatable bonds is 5. The highest BCUT2D eigenvalue weighted by molar-refractivity contribution is 5.90. The highest BCUT2D eigenvalue weighted by atomic mass is 16.5. The molecule has 0 aliphatic rings. The molecule has 0 aliphatic heterocycles. The number of amides is 2. The standard InChI is InChI=1S/C14H17N3O3/c1-3-15-14(19)9(2)16-13(18)8-11-10-6-4-5-7-12(10)20-17-11/h4-7,9H,3,8H2,1-2H3,(H,15,19)(H,16,18)/t9-/m0/s1. The molecule has 0 radical (unpaired) electrons. The summed E-state index contributed by atoms with van der Waals surface area (Å²) >= 11 is 0. The zero-order chi connectivity index (χ0) is 14.5. The molecule has 2 N–H and O–H groups in total. The van der Waals surface area contributed by atoms with Gasteiger partial charge in [0.2, 0.25) is 11.8 Å². The van der Waals surface area contributed by atoms with Crippen molar-refractivity contribution in [2.24, 2.45) is 0 Å². The van der Waals surface area contributed by atoms with Crippen molar-refractivity contribution >= 4 is 22.8 Å². The van der Waals surface area contributed by atoms with Gasteiger partial charge < -0.3 is 15.2 Å². The van der Waals surface area contributed by atoms with E-state index in [4.69, 9.17) is 4.52 Å². The van der Waals surface area contributed by atoms with Gasteiger partial charge >= 0.3 is 0 Å². The quantitative estimate of drug-likeness (QED) is 0.853. The molecule has 0 saturated carbocycles. The SMILES string of the molecule is CCNC(=O)[C@H](C)NC(=O)Cc1noc2ccccc12. The number of carbonyl (C=O) groups is 2. The van der Waals surface area contributed by atoms with Gasteiger partial charge in [0.05, 0.1) is 6.42 Å². The minimum Gasteiger partial charge on any atom is -0.356 e. The van der Waals surface area contributed by atoms with E-state index in [9.17, 15) is 9.59 Å². The van der Waals surface area contributed by atoms with Crippen LogP contribution in [0.15, 0.2) is 28.8 Å². The lowest BCUT2D eigenvalue weighted by molar-refractivity contribution is -0.128. The Kier molecular flexibility index (Phi) is 4.34. The molecule has 2 amide bonds. The smallest absolute Gasteiger partial charge is 0.242 e. The van der Waals surface area contributed by atoms with E-state index >= 15 is 0 Å². The van der Waals surface area contributed by atoms with E-state index in [0.717, 1.165) is 5.39 Å². The minimum absolute atomic E-state index is 0.0841. The van der Waals surface area contributed by atoms with Crippen LogP contribution in [0.4, 0.5) is 0 Å². The first-order valence-electron chi connectivity index (χ1n) is 6.52. The van der Waals surface area contributed by atoms with Gasteiger partial charge in [0.15, 0.2) is 5.58 Å². The van der Waals surface area contributed by atoms with Crippen molar-refractivity contribution in [2.45, 2.75) is 26.3 Å². The Bertz CT molecular complexity index is 621. The van der Waals surface area contributed by atoms with Gasteiger partial charge in [-0.15, -0.1) is 0 Å². The first-order valence-corrected chi connectivity index (χ1v) is 6.52. The molecular formula is C14H17N3O3. The van der Waals surface area contributed by atoms with E-state index in [1.807, 2.05) is 25.1 Å². The van der Waals surface area contributed by atoms with Gasteiger partial charge in [-0.1, -0.05) is 17.3 Å². The number of hydrogen-bond donors (Lipinski definition) is 2. The van der Waals surface area contributed by atoms with E-state index in [0.29, 0.717) is 17.8 Å². The van der Waals surface area contributed by atoms with Gasteiger partial charge in [-0.3, -0.25) is 9.59 Å². The van der Waals surface area contributed by atoms with Crippen molar-refractivity contribution in [2.75, 3.05) is 6.54 Å². The summed E-state index contributed by atoms with van der Waals surface area (Å²) in [5.41, 5.74) is 1.22. The molecule has 106 valence electrons. The molecule has 0 spiro atoms. The summed E-state index contributed by atoms with van der Waals surface area (Å²) < 4.78 is 5.13. The van der Waals surface area contributed by atoms with Crippen LogP contribution in [0.25, 0.3) is 11.0 Å². The Labute approximate surface area is 116 Å². The van der Waals surface area contributed by atoms with E-state index < -0.39 is 6.04 Å². The third kappa shape index (κ3) is 3.14. The molecule has 0 fully saturated rings. The van der Waals surface area contributed by atoms with Crippen LogP contribution >= 0.6 is 0 Å². The highest BCUT2D eigenvalue weighted by Gasteiger charge is 2.17. The third-order valence-electron chi connectivity index (χ3n) is 2.90. The summed E-state index contributed by atoms with van der Waals surface area (Å²) in [7, 11) is 0. The molecule has 0 bridgehead atoms. The molecule has 6 nitrogen and oxygen atoms in total. The van der Waals surface area contributed by atoms with E-state index in [2.05, 4.69) is 15.8 Å². The average Bonchev–Trinajstić information content (AvgIpc) is 2.82. The van der Waals surface area contributed by atoms with Crippen LogP contribution in [0.3, 0.4) is 0 Å². The number of hydrogen-bond acceptors (Lipinski definition) is 4. The van der Waals surface area contributed by atoms with Gasteiger partial charge in [-0.2, -0.15) is 0 Å². The average molecular weight is 275 g/mol. The van der Waals surface area contributed by atoms with E-state index in [-0.39, 0.29) is 18.2 Å². The van der Waals surface area contributed by atoms with Crippen LogP contribution in [-0.2, 0) is 16.0 Å². The fraction of sp³-hybridized carbons (Fsp3) is 0.357. The van der Waals surface area contributed by atoms with Gasteiger partial charge in [0.1, 0.15) is 11.7 Å². The van der Waals surface area contributed by atoms with Gasteiger partial charge in [-0.05, 0) is 26.0 Å². The second-order valence-corrected chi connectivity index (χ2v) is 4.49. The van der Waals surface area contributed by atoms with Crippen molar-refractivity contribution in [3.05, 3.63) is 30.0 Å². The lowest BCUT2D eigenvalue weighted by Gasteiger charge is -2.12. The monoisotopic (exact) mass is 275 g/mol. The Hall–Kier alpha value is -2.37. The molecule has 0 saturated heterocycles. The van der Waals surface area contributed by atoms with Crippen LogP contribution in [0.2, 0.25) is 0 Å². The fourth-order valence-corrected chi connectivity index (χ4v) is 1.90. The number of nitrogens with zero attached hydrogens (tertiary/aromatic N) is 1. The number of nitrogens with one attached hydrogen (secondary N) is 2. The molecule has 0 unspecified atom stereocenters. The number of carbonyl (C=O) groups excluding carboxylic acids is 2. The molecule has 1 aromatic carbocycles. The molecule has 0 aliphatic carbocycles. The molecule has 6 heteroatoms. The highest BCUT2D eigenvalue weighted by Crippen LogP contribution is 2.17. The van der Waals surface area contributed by atoms with Crippen LogP contribution in [-0.4, -0.2) is 29.6 Å². The summed E-state index contributed by atoms with van der Waals surface area (Å²) in [6.45, 7) is 4.00. The van der Waals surface area contributed by atoms with Crippen LogP contribution in [0.1, 0.15) is 19.5 Å². The van der Waals surface area contributed by atoms with Crippen molar-refractivity contribution in [1.29, 1.82) is 0 Å². The zero-order valence-corrected chi connectivity index (χ0v) is 11.5. The van der Waals surface area contributed by atoms with Crippen molar-refractivity contribution in [3.63, 3.8) is 0 Å². The fourth-order valence-electron chi connectivity index (χ4n) is 1.90. The molecule has 2 aromatic rings. The predicted molar refractivity (Wildman–Crippen MR) is 74.0 cm³/mol. The Morgan fingerprint density at radius 3 is 2.85 bits per heavy atom. The second kappa shape index (κ2) is 6.18. The molecular weight excluding hydrogens is 258 g/mol. The van der Waals surface area contributed by atoms with Crippen molar-refractivity contribution in [3.8, 4) is 0 Å². The first kappa shape index (κ1) is 14.0. The Balaban J connectivity index is 1.99. The maximum absolute atomic E-state index is 11.9. The molecule has 20 heavy (non-hydrogen) atoms. The topological polar surface area (TPSA) is 84.2 Å². The number of para-hydroxylation sites is 1. The minimum atomic E-state index is -0.569. The third-order valence-corrected chi connectivity index (χ3v) is 2.90. The van der Waals surface area contributed by atoms with Gasteiger partial charge in [0.25, 0.3) is 0 Å². The largest absolute Gasteiger partial charge is 0.356 e. The number of fused-ring (bicyclic) bond motifs is 1. The van der Waals surface area contributed by atoms with Crippen LogP contribution in [0.5, 0.6) is 0 Å². The Morgan fingerprint density at radius 1 is 1.35 bits per heavy atom. The summed E-state index contributed by atoms with van der Waals surface area (Å²) in [5.74, 6) is -0.464. The van der Waals surface area contributed by atoms with Crippen LogP contribution in [0, 0.1) is 0 Å². The van der Waals surface area contributed by atoms with E-state index in [1.54, 1.807) is 13.0 Å². The van der Waals surface area contributed by atoms with Crippen molar-refractivity contribution < 1.29 is 14.1 Å². The number of aromatic nitrogens is 1. The number of likely N-dealkylation sites (N-methyl/N-ethyl adjacent to an activating group) is 1. The summed E-state index contributed by atoms with van der Waals surface area (Å²) in [6, 6.07) is 6.77. The van der Waals surface area contributed by atoms with Gasteiger partial charge in [-0.25, -0.2) is 0 Å². The number of benzene rings is 1. The maximum Gasteiger partial charge on any atom is 0.242 e. The first-order chi connectivity index (χ1) is 9.61. The maximum atomic E-state index is 11.9. The molecule has 1 atom stereocenters. The zero-order valence-electron chi connectivity index (χ0n) is 11.5. The predicted octanol–water partition coefficient (Wildman–Crippen LogP) is 1.01. The van der Waals surface area contributed by atoms with E-state index in [1.165, 1.54) is 0 Å². The second-order valence-electron chi connectivity index (χ2n) is 4.49. The van der Waals surface area contributed by atoms with Crippen LogP contribution < -0.4 is 10.6 Å². The molecule has 1 heterocycles. The summed E-state index contributed by atoms with van der Waals surface area (Å²) in [4.78, 5) is 23.4. The lowest BCUT2D eigenvalue weighted by atomic mass is 10.1. The van der Waals surface area contributed by atoms with Crippen molar-refractivity contribution in [1.82, 2.24) is 15.8 Å². The van der Waals surface area contributed by atoms with Gasteiger partial charge in [0, 0.05) is 11.9 Å². The lowest BCUT2D eigenvalue weighted by Crippen LogP contribution is -2.45. The molecule has 1 aromatic heterocycles. The summed E-state index contributed by atoms with van der Waals surface area (Å²) in [6.07, 6.45) is 0.0841.